The lowest BCUT2D eigenvalue weighted by molar-refractivity contribution is -0.228. The van der Waals surface area contributed by atoms with E-state index in [-0.39, 0.29) is 22.6 Å². The Labute approximate surface area is 86.7 Å². The van der Waals surface area contributed by atoms with Gasteiger partial charge in [-0.15, -0.1) is 0 Å². The van der Waals surface area contributed by atoms with Crippen molar-refractivity contribution in [2.24, 2.45) is 0 Å². The highest BCUT2D eigenvalue weighted by Crippen LogP contribution is 2.40. The van der Waals surface area contributed by atoms with Crippen molar-refractivity contribution in [1.29, 1.82) is 0 Å². The van der Waals surface area contributed by atoms with Crippen molar-refractivity contribution in [3.05, 3.63) is 0 Å². The first-order valence-corrected chi connectivity index (χ1v) is 4.58. The Hall–Kier alpha value is 0.150. The average Bonchev–Trinajstić information content (AvgIpc) is 1.82. The van der Waals surface area contributed by atoms with Crippen LogP contribution in [0.25, 0.3) is 0 Å². The Morgan fingerprint density at radius 3 is 1.21 bits per heavy atom. The van der Waals surface area contributed by atoms with Gasteiger partial charge < -0.3 is 0 Å². The first-order valence-electron chi connectivity index (χ1n) is 2.19. The molecule has 0 radical (unpaired) electrons. The highest BCUT2D eigenvalue weighted by molar-refractivity contribution is 14.1. The molecule has 0 amide bonds. The summed E-state index contributed by atoms with van der Waals surface area (Å²) in [6.45, 7) is 0. The van der Waals surface area contributed by atoms with Gasteiger partial charge in [0.1, 0.15) is 0 Å². The second kappa shape index (κ2) is 5.29. The Morgan fingerprint density at radius 1 is 1.07 bits per heavy atom. The standard InChI is InChI=1S/C2F5I.F2O3S/c3-1(4,5)2(6,7)8;1-5-6(2,3)4. The molecule has 0 aliphatic heterocycles. The Morgan fingerprint density at radius 2 is 1.21 bits per heavy atom. The maximum absolute atomic E-state index is 11.1. The first-order chi connectivity index (χ1) is 5.81. The van der Waals surface area contributed by atoms with Crippen LogP contribution < -0.4 is 0 Å². The molecular formula is C2F7IO3S. The van der Waals surface area contributed by atoms with E-state index in [0.717, 1.165) is 0 Å². The number of hydrogen-bond donors (Lipinski definition) is 0. The van der Waals surface area contributed by atoms with Crippen LogP contribution in [0.15, 0.2) is 0 Å². The molecule has 14 heavy (non-hydrogen) atoms. The van der Waals surface area contributed by atoms with Gasteiger partial charge in [0.05, 0.1) is 0 Å². The summed E-state index contributed by atoms with van der Waals surface area (Å²) >= 11 is 0.0250. The summed E-state index contributed by atoms with van der Waals surface area (Å²) in [5.41, 5.74) is 0. The number of hydrogen-bond acceptors (Lipinski definition) is 3. The van der Waals surface area contributed by atoms with E-state index in [0.29, 0.717) is 0 Å². The summed E-state index contributed by atoms with van der Waals surface area (Å²) in [6.07, 6.45) is -5.41. The smallest absolute Gasteiger partial charge is 0.184 e. The maximum atomic E-state index is 11.1. The summed E-state index contributed by atoms with van der Waals surface area (Å²) < 4.78 is 89.7. The second-order valence-electron chi connectivity index (χ2n) is 1.45. The largest absolute Gasteiger partial charge is 0.468 e. The van der Waals surface area contributed by atoms with Crippen LogP contribution in [-0.4, -0.2) is 18.5 Å². The molecule has 88 valence electrons. The van der Waals surface area contributed by atoms with E-state index in [9.17, 15) is 30.4 Å². The Bertz CT molecular complexity index is 239. The van der Waals surface area contributed by atoms with Crippen LogP contribution in [0.3, 0.4) is 0 Å². The molecule has 0 N–H and O–H groups in total. The van der Waals surface area contributed by atoms with Crippen LogP contribution >= 0.6 is 22.6 Å². The van der Waals surface area contributed by atoms with E-state index in [1.54, 1.807) is 4.39 Å². The zero-order chi connectivity index (χ0) is 12.2. The van der Waals surface area contributed by atoms with Gasteiger partial charge in [-0.1, -0.05) is 3.89 Å². The SMILES string of the molecule is FC(F)(F)C(F)(F)I.O=S(=O)(F)OF. The normalized spacial score (nSPS) is 13.1. The van der Waals surface area contributed by atoms with Crippen molar-refractivity contribution in [2.45, 2.75) is 10.1 Å². The number of rotatable bonds is 1. The topological polar surface area (TPSA) is 43.4 Å². The molecule has 0 saturated heterocycles. The molecule has 0 spiro atoms. The van der Waals surface area contributed by atoms with Gasteiger partial charge in [-0.05, 0) is 8.91 Å². The zero-order valence-corrected chi connectivity index (χ0v) is 8.63. The van der Waals surface area contributed by atoms with E-state index >= 15 is 0 Å². The van der Waals surface area contributed by atoms with Crippen LogP contribution in [-0.2, 0) is 14.9 Å². The third kappa shape index (κ3) is 10.2. The van der Waals surface area contributed by atoms with Crippen LogP contribution in [0.2, 0.25) is 0 Å². The molecule has 0 bridgehead atoms. The molecule has 0 saturated carbocycles. The van der Waals surface area contributed by atoms with E-state index in [1.807, 2.05) is 0 Å². The fourth-order valence-corrected chi connectivity index (χ4v) is 0. The maximum Gasteiger partial charge on any atom is 0.468 e. The van der Waals surface area contributed by atoms with Crippen molar-refractivity contribution in [1.82, 2.24) is 0 Å². The third-order valence-electron chi connectivity index (χ3n) is 0.397. The van der Waals surface area contributed by atoms with Crippen molar-refractivity contribution < 1.29 is 43.2 Å². The van der Waals surface area contributed by atoms with Crippen molar-refractivity contribution in [2.75, 3.05) is 0 Å². The molecule has 0 rings (SSSR count). The summed E-state index contributed by atoms with van der Waals surface area (Å²) in [6, 6.07) is 0. The van der Waals surface area contributed by atoms with E-state index in [4.69, 9.17) is 8.42 Å². The quantitative estimate of drug-likeness (QED) is 0.311. The lowest BCUT2D eigenvalue weighted by atomic mass is 10.7. The van der Waals surface area contributed by atoms with Crippen LogP contribution in [0, 0.1) is 0 Å². The number of alkyl halides is 6. The lowest BCUT2D eigenvalue weighted by Gasteiger charge is -2.10. The molecule has 0 aliphatic rings. The second-order valence-corrected chi connectivity index (χ2v) is 3.72. The molecule has 0 aromatic rings. The fourth-order valence-electron chi connectivity index (χ4n) is 0. The Balaban J connectivity index is 0. The minimum atomic E-state index is -5.41. The highest BCUT2D eigenvalue weighted by Gasteiger charge is 2.55. The number of halogens is 8. The van der Waals surface area contributed by atoms with Crippen molar-refractivity contribution in [3.8, 4) is 0 Å². The molecule has 0 aliphatic carbocycles. The summed E-state index contributed by atoms with van der Waals surface area (Å²) in [5.74, 6) is 0. The van der Waals surface area contributed by atoms with Crippen LogP contribution in [0.5, 0.6) is 0 Å². The Kier molecular flexibility index (Phi) is 6.27. The van der Waals surface area contributed by atoms with Gasteiger partial charge in [-0.3, -0.25) is 0 Å². The van der Waals surface area contributed by atoms with E-state index in [1.165, 1.54) is 0 Å². The predicted molar refractivity (Wildman–Crippen MR) is 37.2 cm³/mol. The molecule has 0 fully saturated rings. The van der Waals surface area contributed by atoms with E-state index < -0.39 is 20.6 Å². The van der Waals surface area contributed by atoms with Gasteiger partial charge in [-0.2, -0.15) is 30.4 Å². The predicted octanol–water partition coefficient (Wildman–Crippen LogP) is 2.68. The molecule has 3 nitrogen and oxygen atoms in total. The summed E-state index contributed by atoms with van der Waals surface area (Å²) in [4.78, 5) is 0. The monoisotopic (exact) mass is 364 g/mol. The summed E-state index contributed by atoms with van der Waals surface area (Å²) in [7, 11) is -5.33. The highest BCUT2D eigenvalue weighted by atomic mass is 127. The third-order valence-corrected chi connectivity index (χ3v) is 1.16. The lowest BCUT2D eigenvalue weighted by Crippen LogP contribution is -2.29. The average molecular weight is 364 g/mol. The molecule has 12 heteroatoms. The molecular weight excluding hydrogens is 364 g/mol. The van der Waals surface area contributed by atoms with Gasteiger partial charge >= 0.3 is 20.6 Å². The summed E-state index contributed by atoms with van der Waals surface area (Å²) in [5, 5.41) is 0. The van der Waals surface area contributed by atoms with Gasteiger partial charge in [0.15, 0.2) is 0 Å². The van der Waals surface area contributed by atoms with Gasteiger partial charge in [0.2, 0.25) is 0 Å². The van der Waals surface area contributed by atoms with E-state index in [2.05, 4.69) is 0 Å². The molecule has 0 atom stereocenters. The minimum absolute atomic E-state index is 0.0250. The molecule has 0 heterocycles. The molecule has 0 unspecified atom stereocenters. The van der Waals surface area contributed by atoms with Crippen LogP contribution in [0.4, 0.5) is 30.4 Å². The van der Waals surface area contributed by atoms with Gasteiger partial charge in [0.25, 0.3) is 0 Å². The molecule has 0 aromatic carbocycles. The van der Waals surface area contributed by atoms with Gasteiger partial charge in [0, 0.05) is 22.6 Å². The van der Waals surface area contributed by atoms with Crippen LogP contribution in [0.1, 0.15) is 0 Å². The van der Waals surface area contributed by atoms with Crippen molar-refractivity contribution >= 4 is 33.1 Å². The van der Waals surface area contributed by atoms with Crippen molar-refractivity contribution in [3.63, 3.8) is 0 Å². The first kappa shape index (κ1) is 16.6. The molecule has 0 aromatic heterocycles. The van der Waals surface area contributed by atoms with Gasteiger partial charge in [-0.25, -0.2) is 0 Å². The fraction of sp³-hybridized carbons (Fsp3) is 1.00. The zero-order valence-electron chi connectivity index (χ0n) is 5.66. The minimum Gasteiger partial charge on any atom is -0.184 e.